The van der Waals surface area contributed by atoms with Crippen LogP contribution in [0.3, 0.4) is 0 Å². The van der Waals surface area contributed by atoms with Crippen molar-refractivity contribution >= 4 is 43.9 Å². The first-order chi connectivity index (χ1) is 12.1. The van der Waals surface area contributed by atoms with Crippen molar-refractivity contribution in [1.29, 1.82) is 0 Å². The van der Waals surface area contributed by atoms with Crippen molar-refractivity contribution in [3.8, 4) is 16.9 Å². The molecule has 25 heavy (non-hydrogen) atoms. The van der Waals surface area contributed by atoms with Gasteiger partial charge in [0, 0.05) is 28.6 Å². The van der Waals surface area contributed by atoms with Crippen molar-refractivity contribution in [2.45, 2.75) is 12.8 Å². The summed E-state index contributed by atoms with van der Waals surface area (Å²) in [7, 11) is 0. The number of nitrogens with two attached hydrogens (primary N) is 1. The molecule has 3 nitrogen and oxygen atoms in total. The molecular formula is C20H17ClN2OS. The summed E-state index contributed by atoms with van der Waals surface area (Å²) in [6.45, 7) is 2.71. The van der Waals surface area contributed by atoms with Gasteiger partial charge in [0.25, 0.3) is 0 Å². The molecule has 0 amide bonds. The van der Waals surface area contributed by atoms with Crippen molar-refractivity contribution in [3.63, 3.8) is 0 Å². The summed E-state index contributed by atoms with van der Waals surface area (Å²) < 4.78 is 1.07. The number of phenols is 1. The number of fused-ring (bicyclic) bond motifs is 3. The molecule has 2 heterocycles. The third kappa shape index (κ3) is 2.67. The first-order valence-corrected chi connectivity index (χ1v) is 9.33. The maximum Gasteiger partial charge on any atom is 0.125 e. The highest BCUT2D eigenvalue weighted by atomic mass is 35.5. The molecule has 0 saturated carbocycles. The number of halogens is 1. The van der Waals surface area contributed by atoms with Gasteiger partial charge in [-0.25, -0.2) is 0 Å². The van der Waals surface area contributed by atoms with Gasteiger partial charge in [0.15, 0.2) is 0 Å². The third-order valence-electron chi connectivity index (χ3n) is 4.63. The van der Waals surface area contributed by atoms with Gasteiger partial charge in [-0.05, 0) is 35.0 Å². The van der Waals surface area contributed by atoms with Gasteiger partial charge >= 0.3 is 0 Å². The molecule has 0 fully saturated rings. The summed E-state index contributed by atoms with van der Waals surface area (Å²) >= 11 is 7.97. The number of hydrogen-bond donors (Lipinski definition) is 2. The molecule has 1 unspecified atom stereocenters. The molecule has 3 N–H and O–H groups in total. The minimum atomic E-state index is 0.164. The number of rotatable bonds is 3. The topological polar surface area (TPSA) is 59.1 Å². The van der Waals surface area contributed by atoms with Gasteiger partial charge in [-0.15, -0.1) is 11.3 Å². The Labute approximate surface area is 154 Å². The summed E-state index contributed by atoms with van der Waals surface area (Å²) in [6, 6.07) is 11.8. The van der Waals surface area contributed by atoms with E-state index in [1.165, 1.54) is 5.56 Å². The molecule has 1 atom stereocenters. The Morgan fingerprint density at radius 2 is 2.00 bits per heavy atom. The number of aromatic hydroxyl groups is 1. The Hall–Kier alpha value is -2.14. The number of nitrogens with zero attached hydrogens (tertiary/aromatic N) is 1. The van der Waals surface area contributed by atoms with Crippen LogP contribution in [0.25, 0.3) is 32.1 Å². The summed E-state index contributed by atoms with van der Waals surface area (Å²) in [5.41, 5.74) is 9.35. The average molecular weight is 369 g/mol. The molecule has 0 saturated heterocycles. The SMILES string of the molecule is CC(CN)c1ccc(-c2c(O)cc(Cl)c3ncc4sccc4c23)cc1. The van der Waals surface area contributed by atoms with Gasteiger partial charge in [0.1, 0.15) is 5.75 Å². The second-order valence-electron chi connectivity index (χ2n) is 6.19. The summed E-state index contributed by atoms with van der Waals surface area (Å²) in [6.07, 6.45) is 1.83. The zero-order chi connectivity index (χ0) is 17.6. The molecule has 2 aromatic carbocycles. The van der Waals surface area contributed by atoms with Gasteiger partial charge < -0.3 is 10.8 Å². The van der Waals surface area contributed by atoms with Crippen LogP contribution in [0, 0.1) is 0 Å². The smallest absolute Gasteiger partial charge is 0.125 e. The Morgan fingerprint density at radius 1 is 1.24 bits per heavy atom. The van der Waals surface area contributed by atoms with Crippen LogP contribution < -0.4 is 5.73 Å². The molecule has 2 aromatic heterocycles. The van der Waals surface area contributed by atoms with E-state index in [1.54, 1.807) is 17.4 Å². The number of hydrogen-bond acceptors (Lipinski definition) is 4. The van der Waals surface area contributed by atoms with Crippen LogP contribution in [0.15, 0.2) is 48.0 Å². The highest BCUT2D eigenvalue weighted by molar-refractivity contribution is 7.17. The number of aromatic nitrogens is 1. The van der Waals surface area contributed by atoms with Crippen LogP contribution in [0.1, 0.15) is 18.4 Å². The molecular weight excluding hydrogens is 352 g/mol. The predicted octanol–water partition coefficient (Wildman–Crippen LogP) is 5.54. The fourth-order valence-electron chi connectivity index (χ4n) is 3.17. The van der Waals surface area contributed by atoms with Crippen LogP contribution >= 0.6 is 22.9 Å². The van der Waals surface area contributed by atoms with Gasteiger partial charge in [-0.1, -0.05) is 42.8 Å². The maximum atomic E-state index is 10.6. The highest BCUT2D eigenvalue weighted by Crippen LogP contribution is 2.43. The summed E-state index contributed by atoms with van der Waals surface area (Å²) in [5.74, 6) is 0.465. The van der Waals surface area contributed by atoms with Crippen LogP contribution in [0.5, 0.6) is 5.75 Å². The van der Waals surface area contributed by atoms with Crippen LogP contribution in [0.4, 0.5) is 0 Å². The van der Waals surface area contributed by atoms with Gasteiger partial charge in [0.2, 0.25) is 0 Å². The van der Waals surface area contributed by atoms with E-state index in [0.29, 0.717) is 23.0 Å². The molecule has 0 aliphatic rings. The Bertz CT molecular complexity index is 1070. The van der Waals surface area contributed by atoms with Crippen LogP contribution in [-0.4, -0.2) is 16.6 Å². The maximum absolute atomic E-state index is 10.6. The van der Waals surface area contributed by atoms with E-state index in [2.05, 4.69) is 24.0 Å². The molecule has 126 valence electrons. The van der Waals surface area contributed by atoms with Crippen LogP contribution in [-0.2, 0) is 0 Å². The molecule has 0 radical (unpaired) electrons. The van der Waals surface area contributed by atoms with Crippen LogP contribution in [0.2, 0.25) is 5.02 Å². The lowest BCUT2D eigenvalue weighted by Crippen LogP contribution is -2.08. The van der Waals surface area contributed by atoms with Gasteiger partial charge in [-0.3, -0.25) is 4.98 Å². The minimum Gasteiger partial charge on any atom is -0.507 e. The molecule has 0 spiro atoms. The van der Waals surface area contributed by atoms with E-state index in [-0.39, 0.29) is 5.75 Å². The monoisotopic (exact) mass is 368 g/mol. The largest absolute Gasteiger partial charge is 0.507 e. The summed E-state index contributed by atoms with van der Waals surface area (Å²) in [5, 5.41) is 15.1. The Kier molecular flexibility index (Phi) is 4.12. The fraction of sp³-hybridized carbons (Fsp3) is 0.150. The van der Waals surface area contributed by atoms with Crippen molar-refractivity contribution < 1.29 is 5.11 Å². The fourth-order valence-corrected chi connectivity index (χ4v) is 4.18. The molecule has 0 bridgehead atoms. The van der Waals surface area contributed by atoms with Gasteiger partial charge in [0.05, 0.1) is 15.2 Å². The molecule has 0 aliphatic carbocycles. The second kappa shape index (κ2) is 6.30. The lowest BCUT2D eigenvalue weighted by molar-refractivity contribution is 0.478. The standard InChI is InChI=1S/C20H17ClN2OS/c1-11(9-22)12-2-4-13(5-3-12)18-16(24)8-15(21)20-19(18)14-6-7-25-17(14)10-23-20/h2-8,10-11,24H,9,22H2,1H3. The molecule has 4 rings (SSSR count). The van der Waals surface area contributed by atoms with E-state index in [4.69, 9.17) is 17.3 Å². The lowest BCUT2D eigenvalue weighted by atomic mass is 9.94. The quantitative estimate of drug-likeness (QED) is 0.499. The number of pyridine rings is 1. The minimum absolute atomic E-state index is 0.164. The zero-order valence-electron chi connectivity index (χ0n) is 13.7. The Morgan fingerprint density at radius 3 is 2.72 bits per heavy atom. The van der Waals surface area contributed by atoms with E-state index in [9.17, 15) is 5.11 Å². The highest BCUT2D eigenvalue weighted by Gasteiger charge is 2.17. The second-order valence-corrected chi connectivity index (χ2v) is 7.55. The number of thiophene rings is 1. The summed E-state index contributed by atoms with van der Waals surface area (Å²) in [4.78, 5) is 4.52. The Balaban J connectivity index is 2.02. The lowest BCUT2D eigenvalue weighted by Gasteiger charge is -2.14. The van der Waals surface area contributed by atoms with Gasteiger partial charge in [-0.2, -0.15) is 0 Å². The number of phenolic OH excluding ortho intramolecular Hbond substituents is 1. The van der Waals surface area contributed by atoms with Crippen molar-refractivity contribution in [2.24, 2.45) is 5.73 Å². The number of benzene rings is 2. The van der Waals surface area contributed by atoms with E-state index >= 15 is 0 Å². The normalized spacial score (nSPS) is 12.8. The van der Waals surface area contributed by atoms with Crippen molar-refractivity contribution in [1.82, 2.24) is 4.98 Å². The van der Waals surface area contributed by atoms with Crippen molar-refractivity contribution in [2.75, 3.05) is 6.54 Å². The third-order valence-corrected chi connectivity index (χ3v) is 5.77. The average Bonchev–Trinajstić information content (AvgIpc) is 3.10. The van der Waals surface area contributed by atoms with E-state index < -0.39 is 0 Å². The first-order valence-electron chi connectivity index (χ1n) is 8.08. The first kappa shape index (κ1) is 16.3. The van der Waals surface area contributed by atoms with E-state index in [1.807, 2.05) is 29.8 Å². The van der Waals surface area contributed by atoms with Crippen molar-refractivity contribution in [3.05, 3.63) is 58.6 Å². The molecule has 0 aliphatic heterocycles. The predicted molar refractivity (Wildman–Crippen MR) is 107 cm³/mol. The molecule has 4 aromatic rings. The zero-order valence-corrected chi connectivity index (χ0v) is 15.2. The van der Waals surface area contributed by atoms with E-state index in [0.717, 1.165) is 26.6 Å². The molecule has 5 heteroatoms.